The number of hydrogen-bond acceptors (Lipinski definition) is 3. The highest BCUT2D eigenvalue weighted by Crippen LogP contribution is 2.15. The Morgan fingerprint density at radius 3 is 2.18 bits per heavy atom. The smallest absolute Gasteiger partial charge is 0.237 e. The molecule has 0 bridgehead atoms. The van der Waals surface area contributed by atoms with Crippen LogP contribution in [0.1, 0.15) is 48.0 Å². The Morgan fingerprint density at radius 1 is 1.24 bits per heavy atom. The summed E-state index contributed by atoms with van der Waals surface area (Å²) in [7, 11) is 1.71. The summed E-state index contributed by atoms with van der Waals surface area (Å²) >= 11 is 0. The quantitative estimate of drug-likeness (QED) is 0.716. The summed E-state index contributed by atoms with van der Waals surface area (Å²) in [6.45, 7) is 12.0. The second kappa shape index (κ2) is 6.97. The molecule has 0 heterocycles. The van der Waals surface area contributed by atoms with Crippen molar-refractivity contribution in [1.82, 2.24) is 10.6 Å². The average Bonchev–Trinajstić information content (AvgIpc) is 2.15. The van der Waals surface area contributed by atoms with Crippen molar-refractivity contribution >= 4 is 5.91 Å². The van der Waals surface area contributed by atoms with Gasteiger partial charge in [-0.2, -0.15) is 0 Å². The molecule has 2 N–H and O–H groups in total. The molecule has 0 rings (SSSR count). The minimum atomic E-state index is -0.181. The van der Waals surface area contributed by atoms with Crippen molar-refractivity contribution in [1.29, 1.82) is 0 Å². The topological polar surface area (TPSA) is 50.4 Å². The van der Waals surface area contributed by atoms with Gasteiger partial charge in [0.15, 0.2) is 0 Å². The maximum absolute atomic E-state index is 11.7. The minimum Gasteiger partial charge on any atom is -0.379 e. The molecule has 0 radical (unpaired) electrons. The Labute approximate surface area is 105 Å². The molecule has 0 aliphatic carbocycles. The molecular formula is C13H28N2O2. The zero-order valence-corrected chi connectivity index (χ0v) is 12.3. The molecule has 17 heavy (non-hydrogen) atoms. The third-order valence-electron chi connectivity index (χ3n) is 2.71. The first-order valence-corrected chi connectivity index (χ1v) is 6.29. The van der Waals surface area contributed by atoms with Crippen LogP contribution in [-0.4, -0.2) is 36.7 Å². The van der Waals surface area contributed by atoms with Crippen molar-refractivity contribution < 1.29 is 9.53 Å². The molecule has 0 fully saturated rings. The van der Waals surface area contributed by atoms with Crippen molar-refractivity contribution in [2.45, 2.75) is 71.7 Å². The second-order valence-electron chi connectivity index (χ2n) is 5.62. The van der Waals surface area contributed by atoms with E-state index in [4.69, 9.17) is 4.74 Å². The van der Waals surface area contributed by atoms with Gasteiger partial charge in [-0.15, -0.1) is 0 Å². The minimum absolute atomic E-state index is 0.0436. The molecule has 2 unspecified atom stereocenters. The number of hydrogen-bond donors (Lipinski definition) is 2. The zero-order valence-electron chi connectivity index (χ0n) is 12.3. The first-order chi connectivity index (χ1) is 7.68. The Morgan fingerprint density at radius 2 is 1.76 bits per heavy atom. The van der Waals surface area contributed by atoms with Crippen molar-refractivity contribution in [2.24, 2.45) is 0 Å². The zero-order chi connectivity index (χ0) is 13.6. The van der Waals surface area contributed by atoms with Crippen LogP contribution in [0.3, 0.4) is 0 Å². The van der Waals surface area contributed by atoms with Crippen LogP contribution in [0.25, 0.3) is 0 Å². The third-order valence-corrected chi connectivity index (χ3v) is 2.71. The average molecular weight is 244 g/mol. The molecule has 0 aromatic heterocycles. The van der Waals surface area contributed by atoms with Crippen LogP contribution < -0.4 is 10.6 Å². The molecular weight excluding hydrogens is 216 g/mol. The molecule has 0 aromatic rings. The number of methoxy groups -OCH3 is 1. The van der Waals surface area contributed by atoms with Gasteiger partial charge in [-0.25, -0.2) is 0 Å². The highest BCUT2D eigenvalue weighted by Gasteiger charge is 2.22. The van der Waals surface area contributed by atoms with E-state index in [2.05, 4.69) is 17.6 Å². The second-order valence-corrected chi connectivity index (χ2v) is 5.62. The Bertz CT molecular complexity index is 240. The molecule has 4 nitrogen and oxygen atoms in total. The van der Waals surface area contributed by atoms with Crippen LogP contribution in [0.5, 0.6) is 0 Å². The summed E-state index contributed by atoms with van der Waals surface area (Å²) in [6, 6.07) is 0.232. The van der Waals surface area contributed by atoms with Gasteiger partial charge in [-0.3, -0.25) is 4.79 Å². The van der Waals surface area contributed by atoms with Crippen LogP contribution >= 0.6 is 0 Å². The van der Waals surface area contributed by atoms with Gasteiger partial charge in [0.05, 0.1) is 11.6 Å². The number of rotatable bonds is 7. The Kier molecular flexibility index (Phi) is 6.72. The van der Waals surface area contributed by atoms with Crippen molar-refractivity contribution in [3.8, 4) is 0 Å². The van der Waals surface area contributed by atoms with Gasteiger partial charge >= 0.3 is 0 Å². The van der Waals surface area contributed by atoms with Gasteiger partial charge in [-0.05, 0) is 48.0 Å². The fourth-order valence-electron chi connectivity index (χ4n) is 1.79. The SMILES string of the molecule is COC(C)(C)CC(C)NC(C)C(=O)NC(C)C. The molecule has 0 aromatic carbocycles. The van der Waals surface area contributed by atoms with Gasteiger partial charge in [-0.1, -0.05) is 0 Å². The van der Waals surface area contributed by atoms with E-state index >= 15 is 0 Å². The maximum atomic E-state index is 11.7. The highest BCUT2D eigenvalue weighted by molar-refractivity contribution is 5.81. The Hall–Kier alpha value is -0.610. The van der Waals surface area contributed by atoms with Crippen LogP contribution in [0.4, 0.5) is 0 Å². The van der Waals surface area contributed by atoms with Crippen LogP contribution in [0.15, 0.2) is 0 Å². The first-order valence-electron chi connectivity index (χ1n) is 6.29. The number of amides is 1. The predicted octanol–water partition coefficient (Wildman–Crippen LogP) is 1.69. The molecule has 0 spiro atoms. The molecule has 0 aliphatic heterocycles. The van der Waals surface area contributed by atoms with E-state index in [0.717, 1.165) is 6.42 Å². The van der Waals surface area contributed by atoms with E-state index in [0.29, 0.717) is 0 Å². The molecule has 102 valence electrons. The number of carbonyl (C=O) groups excluding carboxylic acids is 1. The fraction of sp³-hybridized carbons (Fsp3) is 0.923. The molecule has 2 atom stereocenters. The first kappa shape index (κ1) is 16.4. The summed E-state index contributed by atoms with van der Waals surface area (Å²) in [5.41, 5.74) is -0.166. The van der Waals surface area contributed by atoms with Gasteiger partial charge in [0.2, 0.25) is 5.91 Å². The van der Waals surface area contributed by atoms with E-state index in [1.54, 1.807) is 7.11 Å². The van der Waals surface area contributed by atoms with Crippen LogP contribution in [-0.2, 0) is 9.53 Å². The summed E-state index contributed by atoms with van der Waals surface area (Å²) in [6.07, 6.45) is 0.864. The summed E-state index contributed by atoms with van der Waals surface area (Å²) in [4.78, 5) is 11.7. The predicted molar refractivity (Wildman–Crippen MR) is 71.0 cm³/mol. The monoisotopic (exact) mass is 244 g/mol. The lowest BCUT2D eigenvalue weighted by atomic mass is 9.99. The number of carbonyl (C=O) groups is 1. The Balaban J connectivity index is 4.11. The number of nitrogens with one attached hydrogen (secondary N) is 2. The molecule has 0 aliphatic rings. The van der Waals surface area contributed by atoms with Crippen molar-refractivity contribution in [3.05, 3.63) is 0 Å². The standard InChI is InChI=1S/C13H28N2O2/c1-9(2)14-12(16)11(4)15-10(3)8-13(5,6)17-7/h9-11,15H,8H2,1-7H3,(H,14,16). The van der Waals surface area contributed by atoms with Crippen molar-refractivity contribution in [2.75, 3.05) is 7.11 Å². The van der Waals surface area contributed by atoms with E-state index in [9.17, 15) is 4.79 Å². The largest absolute Gasteiger partial charge is 0.379 e. The van der Waals surface area contributed by atoms with Gasteiger partial charge in [0, 0.05) is 19.2 Å². The third kappa shape index (κ3) is 7.34. The lowest BCUT2D eigenvalue weighted by Gasteiger charge is -2.29. The normalized spacial score (nSPS) is 15.8. The molecule has 0 saturated heterocycles. The van der Waals surface area contributed by atoms with Gasteiger partial charge in [0.25, 0.3) is 0 Å². The summed E-state index contributed by atoms with van der Waals surface area (Å²) < 4.78 is 5.37. The lowest BCUT2D eigenvalue weighted by Crippen LogP contribution is -2.49. The van der Waals surface area contributed by atoms with E-state index in [1.807, 2.05) is 34.6 Å². The lowest BCUT2D eigenvalue weighted by molar-refractivity contribution is -0.123. The van der Waals surface area contributed by atoms with Gasteiger partial charge in [0.1, 0.15) is 0 Å². The fourth-order valence-corrected chi connectivity index (χ4v) is 1.79. The molecule has 1 amide bonds. The molecule has 4 heteroatoms. The maximum Gasteiger partial charge on any atom is 0.237 e. The van der Waals surface area contributed by atoms with E-state index in [-0.39, 0.29) is 29.6 Å². The van der Waals surface area contributed by atoms with Crippen molar-refractivity contribution in [3.63, 3.8) is 0 Å². The summed E-state index contributed by atoms with van der Waals surface area (Å²) in [5, 5.41) is 6.18. The highest BCUT2D eigenvalue weighted by atomic mass is 16.5. The number of ether oxygens (including phenoxy) is 1. The van der Waals surface area contributed by atoms with Gasteiger partial charge < -0.3 is 15.4 Å². The van der Waals surface area contributed by atoms with E-state index in [1.165, 1.54) is 0 Å². The van der Waals surface area contributed by atoms with E-state index < -0.39 is 0 Å². The summed E-state index contributed by atoms with van der Waals surface area (Å²) in [5.74, 6) is 0.0436. The molecule has 0 saturated carbocycles. The van der Waals surface area contributed by atoms with Crippen LogP contribution in [0, 0.1) is 0 Å². The van der Waals surface area contributed by atoms with Crippen LogP contribution in [0.2, 0.25) is 0 Å².